The predicted octanol–water partition coefficient (Wildman–Crippen LogP) is 3.65. The number of hydrogen-bond acceptors (Lipinski definition) is 2. The molecule has 0 bridgehead atoms. The summed E-state index contributed by atoms with van der Waals surface area (Å²) in [4.78, 5) is 0. The summed E-state index contributed by atoms with van der Waals surface area (Å²) in [5.74, 6) is 0.858. The SMILES string of the molecule is C1CCC(COC2(CNC3CC3)CCCC2)CC1. The van der Waals surface area contributed by atoms with Gasteiger partial charge in [0.05, 0.1) is 12.2 Å². The highest BCUT2D eigenvalue weighted by atomic mass is 16.5. The van der Waals surface area contributed by atoms with Crippen molar-refractivity contribution < 1.29 is 4.74 Å². The Bertz CT molecular complexity index is 250. The van der Waals surface area contributed by atoms with Crippen LogP contribution in [0.5, 0.6) is 0 Å². The molecule has 3 aliphatic carbocycles. The lowest BCUT2D eigenvalue weighted by molar-refractivity contribution is -0.0595. The molecule has 0 aromatic carbocycles. The Labute approximate surface area is 112 Å². The Morgan fingerprint density at radius 1 is 0.889 bits per heavy atom. The maximum absolute atomic E-state index is 6.45. The molecule has 0 aromatic heterocycles. The van der Waals surface area contributed by atoms with Crippen LogP contribution < -0.4 is 5.32 Å². The highest BCUT2D eigenvalue weighted by Gasteiger charge is 2.37. The van der Waals surface area contributed by atoms with E-state index in [9.17, 15) is 0 Å². The zero-order valence-corrected chi connectivity index (χ0v) is 11.8. The predicted molar refractivity (Wildman–Crippen MR) is 74.8 cm³/mol. The van der Waals surface area contributed by atoms with Gasteiger partial charge in [-0.25, -0.2) is 0 Å². The van der Waals surface area contributed by atoms with Gasteiger partial charge in [-0.3, -0.25) is 0 Å². The van der Waals surface area contributed by atoms with Crippen molar-refractivity contribution in [1.82, 2.24) is 5.32 Å². The van der Waals surface area contributed by atoms with E-state index in [1.54, 1.807) is 0 Å². The summed E-state index contributed by atoms with van der Waals surface area (Å²) in [6, 6.07) is 0.820. The summed E-state index contributed by atoms with van der Waals surface area (Å²) in [7, 11) is 0. The van der Waals surface area contributed by atoms with Crippen LogP contribution in [0.4, 0.5) is 0 Å². The Morgan fingerprint density at radius 2 is 1.61 bits per heavy atom. The molecule has 0 heterocycles. The lowest BCUT2D eigenvalue weighted by Crippen LogP contribution is -2.42. The quantitative estimate of drug-likeness (QED) is 0.778. The van der Waals surface area contributed by atoms with Crippen molar-refractivity contribution in [3.8, 4) is 0 Å². The first-order valence-corrected chi connectivity index (χ1v) is 8.24. The van der Waals surface area contributed by atoms with E-state index in [0.717, 1.165) is 25.1 Å². The van der Waals surface area contributed by atoms with E-state index in [-0.39, 0.29) is 5.60 Å². The van der Waals surface area contributed by atoms with Crippen molar-refractivity contribution in [2.45, 2.75) is 82.3 Å². The molecule has 0 unspecified atom stereocenters. The van der Waals surface area contributed by atoms with Crippen molar-refractivity contribution in [3.63, 3.8) is 0 Å². The van der Waals surface area contributed by atoms with Crippen LogP contribution >= 0.6 is 0 Å². The summed E-state index contributed by atoms with van der Waals surface area (Å²) >= 11 is 0. The van der Waals surface area contributed by atoms with Crippen LogP contribution in [0.15, 0.2) is 0 Å². The molecule has 104 valence electrons. The molecule has 3 rings (SSSR count). The molecule has 0 aliphatic heterocycles. The molecular weight excluding hydrogens is 222 g/mol. The third-order valence-electron chi connectivity index (χ3n) is 5.16. The minimum atomic E-state index is 0.208. The van der Waals surface area contributed by atoms with E-state index in [1.165, 1.54) is 70.6 Å². The Balaban J connectivity index is 1.45. The molecule has 2 heteroatoms. The molecule has 3 saturated carbocycles. The monoisotopic (exact) mass is 251 g/mol. The molecule has 2 nitrogen and oxygen atoms in total. The van der Waals surface area contributed by atoms with Gasteiger partial charge in [-0.2, -0.15) is 0 Å². The second kappa shape index (κ2) is 5.92. The first kappa shape index (κ1) is 12.9. The zero-order valence-electron chi connectivity index (χ0n) is 11.8. The molecule has 1 N–H and O–H groups in total. The smallest absolute Gasteiger partial charge is 0.0806 e. The molecule has 0 aromatic rings. The van der Waals surface area contributed by atoms with E-state index in [0.29, 0.717) is 0 Å². The molecule has 0 saturated heterocycles. The van der Waals surface area contributed by atoms with Gasteiger partial charge in [0.1, 0.15) is 0 Å². The maximum Gasteiger partial charge on any atom is 0.0806 e. The van der Waals surface area contributed by atoms with E-state index < -0.39 is 0 Å². The van der Waals surface area contributed by atoms with Crippen molar-refractivity contribution >= 4 is 0 Å². The fourth-order valence-corrected chi connectivity index (χ4v) is 3.66. The van der Waals surface area contributed by atoms with E-state index in [4.69, 9.17) is 4.74 Å². The first-order chi connectivity index (χ1) is 8.86. The number of nitrogens with one attached hydrogen (secondary N) is 1. The van der Waals surface area contributed by atoms with Gasteiger partial charge in [-0.1, -0.05) is 32.1 Å². The molecule has 3 fully saturated rings. The number of rotatable bonds is 6. The van der Waals surface area contributed by atoms with Crippen molar-refractivity contribution in [2.75, 3.05) is 13.2 Å². The average Bonchev–Trinajstić information content (AvgIpc) is 3.14. The van der Waals surface area contributed by atoms with Crippen molar-refractivity contribution in [2.24, 2.45) is 5.92 Å². The Kier molecular flexibility index (Phi) is 4.25. The van der Waals surface area contributed by atoms with Gasteiger partial charge < -0.3 is 10.1 Å². The Morgan fingerprint density at radius 3 is 2.28 bits per heavy atom. The van der Waals surface area contributed by atoms with E-state index >= 15 is 0 Å². The van der Waals surface area contributed by atoms with Gasteiger partial charge in [-0.05, 0) is 44.4 Å². The highest BCUT2D eigenvalue weighted by molar-refractivity contribution is 4.92. The summed E-state index contributed by atoms with van der Waals surface area (Å²) in [5.41, 5.74) is 0.208. The molecule has 0 radical (unpaired) electrons. The summed E-state index contributed by atoms with van der Waals surface area (Å²) < 4.78 is 6.45. The zero-order chi connectivity index (χ0) is 12.3. The van der Waals surface area contributed by atoms with Gasteiger partial charge in [-0.15, -0.1) is 0 Å². The van der Waals surface area contributed by atoms with Gasteiger partial charge in [0.15, 0.2) is 0 Å². The lowest BCUT2D eigenvalue weighted by Gasteiger charge is -2.33. The largest absolute Gasteiger partial charge is 0.373 e. The first-order valence-electron chi connectivity index (χ1n) is 8.24. The summed E-state index contributed by atoms with van der Waals surface area (Å²) in [6.07, 6.45) is 15.2. The van der Waals surface area contributed by atoms with Crippen LogP contribution in [-0.2, 0) is 4.74 Å². The van der Waals surface area contributed by atoms with Crippen molar-refractivity contribution in [3.05, 3.63) is 0 Å². The van der Waals surface area contributed by atoms with Crippen LogP contribution in [0.2, 0.25) is 0 Å². The molecule has 3 aliphatic rings. The van der Waals surface area contributed by atoms with Gasteiger partial charge in [0.25, 0.3) is 0 Å². The van der Waals surface area contributed by atoms with Crippen LogP contribution in [0.1, 0.15) is 70.6 Å². The van der Waals surface area contributed by atoms with E-state index in [2.05, 4.69) is 5.32 Å². The topological polar surface area (TPSA) is 21.3 Å². The van der Waals surface area contributed by atoms with Crippen molar-refractivity contribution in [1.29, 1.82) is 0 Å². The second-order valence-electron chi connectivity index (χ2n) is 6.86. The molecule has 0 amide bonds. The number of hydrogen-bond donors (Lipinski definition) is 1. The van der Waals surface area contributed by atoms with Crippen LogP contribution in [0.25, 0.3) is 0 Å². The molecule has 0 atom stereocenters. The summed E-state index contributed by atoms with van der Waals surface area (Å²) in [6.45, 7) is 2.15. The van der Waals surface area contributed by atoms with E-state index in [1.807, 2.05) is 0 Å². The molecular formula is C16H29NO. The fraction of sp³-hybridized carbons (Fsp3) is 1.00. The maximum atomic E-state index is 6.45. The van der Waals surface area contributed by atoms with Crippen LogP contribution in [-0.4, -0.2) is 24.8 Å². The summed E-state index contributed by atoms with van der Waals surface area (Å²) in [5, 5.41) is 3.70. The lowest BCUT2D eigenvalue weighted by atomic mass is 9.89. The fourth-order valence-electron chi connectivity index (χ4n) is 3.66. The van der Waals surface area contributed by atoms with Gasteiger partial charge in [0, 0.05) is 12.6 Å². The Hall–Kier alpha value is -0.0800. The highest BCUT2D eigenvalue weighted by Crippen LogP contribution is 2.35. The standard InChI is InChI=1S/C16H29NO/c1-2-6-14(7-3-1)12-18-16(10-4-5-11-16)13-17-15-8-9-15/h14-15,17H,1-13H2. The van der Waals surface area contributed by atoms with Crippen LogP contribution in [0.3, 0.4) is 0 Å². The molecule has 0 spiro atoms. The minimum Gasteiger partial charge on any atom is -0.373 e. The number of ether oxygens (including phenoxy) is 1. The average molecular weight is 251 g/mol. The third kappa shape index (κ3) is 3.48. The third-order valence-corrected chi connectivity index (χ3v) is 5.16. The van der Waals surface area contributed by atoms with Crippen LogP contribution in [0, 0.1) is 5.92 Å². The second-order valence-corrected chi connectivity index (χ2v) is 6.86. The normalized spacial score (nSPS) is 28.7. The van der Waals surface area contributed by atoms with Gasteiger partial charge >= 0.3 is 0 Å². The van der Waals surface area contributed by atoms with Gasteiger partial charge in [0.2, 0.25) is 0 Å². The minimum absolute atomic E-state index is 0.208. The molecule has 18 heavy (non-hydrogen) atoms.